The Morgan fingerprint density at radius 3 is 2.80 bits per heavy atom. The summed E-state index contributed by atoms with van der Waals surface area (Å²) in [4.78, 5) is 15.7. The second kappa shape index (κ2) is 6.39. The maximum atomic E-state index is 11.5. The van der Waals surface area contributed by atoms with E-state index >= 15 is 0 Å². The molecule has 0 bridgehead atoms. The molecule has 0 amide bonds. The van der Waals surface area contributed by atoms with Gasteiger partial charge in [-0.15, -0.1) is 0 Å². The minimum atomic E-state index is -0.375. The van der Waals surface area contributed by atoms with Crippen molar-refractivity contribution in [3.05, 3.63) is 52.7 Å². The van der Waals surface area contributed by atoms with Crippen molar-refractivity contribution in [2.45, 2.75) is 13.8 Å². The van der Waals surface area contributed by atoms with Crippen LogP contribution in [0.25, 0.3) is 0 Å². The van der Waals surface area contributed by atoms with Crippen molar-refractivity contribution >= 4 is 29.1 Å². The lowest BCUT2D eigenvalue weighted by Crippen LogP contribution is -2.05. The summed E-state index contributed by atoms with van der Waals surface area (Å²) in [6.45, 7) is 4.09. The smallest absolute Gasteiger partial charge is 0.339 e. The van der Waals surface area contributed by atoms with Crippen molar-refractivity contribution in [1.82, 2.24) is 4.98 Å². The molecule has 0 saturated carbocycles. The highest BCUT2D eigenvalue weighted by Crippen LogP contribution is 2.25. The zero-order valence-electron chi connectivity index (χ0n) is 11.3. The molecule has 0 atom stereocenters. The largest absolute Gasteiger partial charge is 0.462 e. The maximum Gasteiger partial charge on any atom is 0.339 e. The summed E-state index contributed by atoms with van der Waals surface area (Å²) in [5.41, 5.74) is 2.30. The second-order valence-electron chi connectivity index (χ2n) is 4.26. The number of ether oxygens (including phenoxy) is 1. The Bertz CT molecular complexity index is 612. The molecule has 0 aliphatic carbocycles. The quantitative estimate of drug-likeness (QED) is 0.866. The van der Waals surface area contributed by atoms with Crippen molar-refractivity contribution in [3.8, 4) is 0 Å². The molecule has 1 aromatic heterocycles. The van der Waals surface area contributed by atoms with Crippen LogP contribution in [0.2, 0.25) is 5.02 Å². The Morgan fingerprint density at radius 1 is 1.35 bits per heavy atom. The van der Waals surface area contributed by atoms with E-state index in [-0.39, 0.29) is 5.97 Å². The van der Waals surface area contributed by atoms with Gasteiger partial charge in [-0.3, -0.25) is 0 Å². The Hall–Kier alpha value is -2.07. The second-order valence-corrected chi connectivity index (χ2v) is 4.67. The van der Waals surface area contributed by atoms with Gasteiger partial charge < -0.3 is 10.1 Å². The third-order valence-corrected chi connectivity index (χ3v) is 2.99. The number of hydrogen-bond donors (Lipinski definition) is 1. The molecule has 0 aliphatic heterocycles. The van der Waals surface area contributed by atoms with Gasteiger partial charge in [0.2, 0.25) is 0 Å². The van der Waals surface area contributed by atoms with Crippen LogP contribution >= 0.6 is 11.6 Å². The summed E-state index contributed by atoms with van der Waals surface area (Å²) in [5, 5.41) is 3.73. The van der Waals surface area contributed by atoms with Gasteiger partial charge in [0.25, 0.3) is 0 Å². The van der Waals surface area contributed by atoms with Crippen LogP contribution in [0.3, 0.4) is 0 Å². The first-order chi connectivity index (χ1) is 9.60. The van der Waals surface area contributed by atoms with Crippen LogP contribution in [0.5, 0.6) is 0 Å². The topological polar surface area (TPSA) is 51.2 Å². The molecule has 1 heterocycles. The van der Waals surface area contributed by atoms with Crippen molar-refractivity contribution in [2.75, 3.05) is 11.9 Å². The van der Waals surface area contributed by atoms with E-state index < -0.39 is 0 Å². The highest BCUT2D eigenvalue weighted by Gasteiger charge is 2.07. The molecular formula is C15H15ClN2O2. The van der Waals surface area contributed by atoms with Gasteiger partial charge in [0.15, 0.2) is 0 Å². The Balaban J connectivity index is 2.14. The molecular weight excluding hydrogens is 276 g/mol. The molecule has 0 radical (unpaired) electrons. The summed E-state index contributed by atoms with van der Waals surface area (Å²) < 4.78 is 4.90. The molecule has 2 rings (SSSR count). The van der Waals surface area contributed by atoms with Crippen molar-refractivity contribution in [2.24, 2.45) is 0 Å². The number of nitrogens with zero attached hydrogens (tertiary/aromatic N) is 1. The number of carbonyl (C=O) groups excluding carboxylic acids is 1. The Morgan fingerprint density at radius 2 is 2.15 bits per heavy atom. The van der Waals surface area contributed by atoms with E-state index in [0.29, 0.717) is 23.0 Å². The standard InChI is InChI=1S/C15H15ClN2O2/c1-3-20-15(19)11-5-7-14(17-9-11)18-13-8-10(2)4-6-12(13)16/h4-9H,3H2,1-2H3,(H,17,18). The SMILES string of the molecule is CCOC(=O)c1ccc(Nc2cc(C)ccc2Cl)nc1. The molecule has 2 aromatic rings. The molecule has 1 aromatic carbocycles. The number of pyridine rings is 1. The highest BCUT2D eigenvalue weighted by molar-refractivity contribution is 6.33. The molecule has 0 unspecified atom stereocenters. The van der Waals surface area contributed by atoms with Gasteiger partial charge in [0.05, 0.1) is 22.9 Å². The fourth-order valence-electron chi connectivity index (χ4n) is 1.68. The van der Waals surface area contributed by atoms with Gasteiger partial charge in [0.1, 0.15) is 5.82 Å². The van der Waals surface area contributed by atoms with Gasteiger partial charge in [0, 0.05) is 6.20 Å². The number of carbonyl (C=O) groups is 1. The lowest BCUT2D eigenvalue weighted by molar-refractivity contribution is 0.0526. The first-order valence-corrected chi connectivity index (χ1v) is 6.64. The lowest BCUT2D eigenvalue weighted by Gasteiger charge is -2.09. The third-order valence-electron chi connectivity index (χ3n) is 2.66. The lowest BCUT2D eigenvalue weighted by atomic mass is 10.2. The number of aryl methyl sites for hydroxylation is 1. The van der Waals surface area contributed by atoms with E-state index in [9.17, 15) is 4.79 Å². The zero-order chi connectivity index (χ0) is 14.5. The molecule has 20 heavy (non-hydrogen) atoms. The molecule has 0 fully saturated rings. The predicted octanol–water partition coefficient (Wildman–Crippen LogP) is 3.96. The number of halogens is 1. The predicted molar refractivity (Wildman–Crippen MR) is 79.7 cm³/mol. The number of anilines is 2. The fraction of sp³-hybridized carbons (Fsp3) is 0.200. The normalized spacial score (nSPS) is 10.2. The average molecular weight is 291 g/mol. The highest BCUT2D eigenvalue weighted by atomic mass is 35.5. The number of aromatic nitrogens is 1. The Kier molecular flexibility index (Phi) is 4.58. The molecule has 5 heteroatoms. The van der Waals surface area contributed by atoms with Crippen LogP contribution in [0.1, 0.15) is 22.8 Å². The third kappa shape index (κ3) is 3.48. The van der Waals surface area contributed by atoms with Crippen LogP contribution in [-0.2, 0) is 4.74 Å². The summed E-state index contributed by atoms with van der Waals surface area (Å²) in [6.07, 6.45) is 1.48. The van der Waals surface area contributed by atoms with Crippen molar-refractivity contribution in [3.63, 3.8) is 0 Å². The molecule has 104 valence electrons. The monoisotopic (exact) mass is 290 g/mol. The van der Waals surface area contributed by atoms with Gasteiger partial charge in [-0.05, 0) is 43.7 Å². The van der Waals surface area contributed by atoms with Crippen LogP contribution in [-0.4, -0.2) is 17.6 Å². The van der Waals surface area contributed by atoms with E-state index in [1.165, 1.54) is 6.20 Å². The van der Waals surface area contributed by atoms with Crippen LogP contribution in [0, 0.1) is 6.92 Å². The molecule has 0 aliphatic rings. The van der Waals surface area contributed by atoms with Gasteiger partial charge in [-0.2, -0.15) is 0 Å². The molecule has 0 spiro atoms. The van der Waals surface area contributed by atoms with Gasteiger partial charge in [-0.1, -0.05) is 17.7 Å². The van der Waals surface area contributed by atoms with Gasteiger partial charge in [-0.25, -0.2) is 9.78 Å². The van der Waals surface area contributed by atoms with Crippen molar-refractivity contribution < 1.29 is 9.53 Å². The summed E-state index contributed by atoms with van der Waals surface area (Å²) in [5.74, 6) is 0.241. The summed E-state index contributed by atoms with van der Waals surface area (Å²) in [6, 6.07) is 9.07. The van der Waals surface area contributed by atoms with E-state index in [2.05, 4.69) is 10.3 Å². The van der Waals surface area contributed by atoms with Crippen LogP contribution in [0.15, 0.2) is 36.5 Å². The van der Waals surface area contributed by atoms with Crippen molar-refractivity contribution in [1.29, 1.82) is 0 Å². The minimum Gasteiger partial charge on any atom is -0.462 e. The summed E-state index contributed by atoms with van der Waals surface area (Å²) in [7, 11) is 0. The minimum absolute atomic E-state index is 0.345. The fourth-order valence-corrected chi connectivity index (χ4v) is 1.84. The first kappa shape index (κ1) is 14.3. The number of nitrogens with one attached hydrogen (secondary N) is 1. The number of rotatable bonds is 4. The molecule has 4 nitrogen and oxygen atoms in total. The van der Waals surface area contributed by atoms with Gasteiger partial charge >= 0.3 is 5.97 Å². The van der Waals surface area contributed by atoms with Crippen LogP contribution < -0.4 is 5.32 Å². The Labute approximate surface area is 122 Å². The van der Waals surface area contributed by atoms with Crippen LogP contribution in [0.4, 0.5) is 11.5 Å². The number of esters is 1. The average Bonchev–Trinajstić information content (AvgIpc) is 2.44. The summed E-state index contributed by atoms with van der Waals surface area (Å²) >= 11 is 6.10. The van der Waals surface area contributed by atoms with E-state index in [0.717, 1.165) is 11.3 Å². The molecule has 1 N–H and O–H groups in total. The van der Waals surface area contributed by atoms with E-state index in [1.54, 1.807) is 19.1 Å². The zero-order valence-corrected chi connectivity index (χ0v) is 12.1. The number of benzene rings is 1. The first-order valence-electron chi connectivity index (χ1n) is 6.26. The molecule has 0 saturated heterocycles. The van der Waals surface area contributed by atoms with E-state index in [4.69, 9.17) is 16.3 Å². The maximum absolute atomic E-state index is 11.5. The van der Waals surface area contributed by atoms with E-state index in [1.807, 2.05) is 25.1 Å². The number of hydrogen-bond acceptors (Lipinski definition) is 4.